The summed E-state index contributed by atoms with van der Waals surface area (Å²) >= 11 is 0. The molecule has 1 aromatic carbocycles. The summed E-state index contributed by atoms with van der Waals surface area (Å²) < 4.78 is 0. The zero-order valence-corrected chi connectivity index (χ0v) is 8.82. The third-order valence-corrected chi connectivity index (χ3v) is 2.04. The van der Waals surface area contributed by atoms with Crippen molar-refractivity contribution in [1.82, 2.24) is 5.32 Å². The van der Waals surface area contributed by atoms with Crippen LogP contribution in [0.2, 0.25) is 0 Å². The van der Waals surface area contributed by atoms with Crippen molar-refractivity contribution in [2.24, 2.45) is 5.90 Å². The number of nitrogens with one attached hydrogen (secondary N) is 1. The highest BCUT2D eigenvalue weighted by Gasteiger charge is 2.04. The Hall–Kier alpha value is -1.39. The van der Waals surface area contributed by atoms with E-state index in [1.54, 1.807) is 6.07 Å². The van der Waals surface area contributed by atoms with Crippen molar-refractivity contribution in [1.29, 1.82) is 0 Å². The monoisotopic (exact) mass is 208 g/mol. The minimum absolute atomic E-state index is 0.0481. The minimum atomic E-state index is -0.0481. The smallest absolute Gasteiger partial charge is 0.251 e. The molecule has 0 aromatic heterocycles. The highest BCUT2D eigenvalue weighted by atomic mass is 16.6. The first-order valence-corrected chi connectivity index (χ1v) is 4.96. The maximum atomic E-state index is 11.5. The van der Waals surface area contributed by atoms with E-state index < -0.39 is 0 Å². The van der Waals surface area contributed by atoms with E-state index in [2.05, 4.69) is 10.2 Å². The summed E-state index contributed by atoms with van der Waals surface area (Å²) in [6.45, 7) is 2.98. The molecule has 4 nitrogen and oxygen atoms in total. The van der Waals surface area contributed by atoms with E-state index in [0.29, 0.717) is 25.1 Å². The molecule has 0 fully saturated rings. The molecule has 4 heteroatoms. The molecular weight excluding hydrogens is 192 g/mol. The predicted octanol–water partition coefficient (Wildman–Crippen LogP) is 0.869. The average molecular weight is 208 g/mol. The van der Waals surface area contributed by atoms with Crippen molar-refractivity contribution in [3.63, 3.8) is 0 Å². The summed E-state index contributed by atoms with van der Waals surface area (Å²) in [4.78, 5) is 16.0. The Kier molecular flexibility index (Phi) is 4.80. The van der Waals surface area contributed by atoms with Gasteiger partial charge in [0.25, 0.3) is 5.91 Å². The predicted molar refractivity (Wildman–Crippen MR) is 58.3 cm³/mol. The Bertz CT molecular complexity index is 326. The standard InChI is InChI=1S/C11H16N2O2/c1-2-13-11(14)10-5-3-4-9(8-10)6-7-15-12/h3-5,8H,2,6-7,12H2,1H3,(H,13,14). The van der Waals surface area contributed by atoms with Crippen LogP contribution < -0.4 is 11.2 Å². The summed E-state index contributed by atoms with van der Waals surface area (Å²) in [6, 6.07) is 7.44. The van der Waals surface area contributed by atoms with Crippen LogP contribution in [0.15, 0.2) is 24.3 Å². The van der Waals surface area contributed by atoms with Crippen molar-refractivity contribution < 1.29 is 9.63 Å². The zero-order valence-electron chi connectivity index (χ0n) is 8.82. The first-order chi connectivity index (χ1) is 7.27. The van der Waals surface area contributed by atoms with Crippen LogP contribution in [0.4, 0.5) is 0 Å². The van der Waals surface area contributed by atoms with Gasteiger partial charge in [0.2, 0.25) is 0 Å². The van der Waals surface area contributed by atoms with E-state index in [9.17, 15) is 4.79 Å². The summed E-state index contributed by atoms with van der Waals surface area (Å²) in [5, 5.41) is 2.75. The van der Waals surface area contributed by atoms with Gasteiger partial charge in [-0.25, -0.2) is 5.90 Å². The lowest BCUT2D eigenvalue weighted by Crippen LogP contribution is -2.22. The number of rotatable bonds is 5. The normalized spacial score (nSPS) is 10.0. The van der Waals surface area contributed by atoms with Gasteiger partial charge >= 0.3 is 0 Å². The summed E-state index contributed by atoms with van der Waals surface area (Å²) in [5.41, 5.74) is 1.72. The molecule has 0 heterocycles. The third-order valence-electron chi connectivity index (χ3n) is 2.04. The second kappa shape index (κ2) is 6.16. The molecule has 1 amide bonds. The highest BCUT2D eigenvalue weighted by Crippen LogP contribution is 2.06. The van der Waals surface area contributed by atoms with Gasteiger partial charge in [0.15, 0.2) is 0 Å². The molecule has 0 radical (unpaired) electrons. The summed E-state index contributed by atoms with van der Waals surface area (Å²) in [6.07, 6.45) is 0.712. The van der Waals surface area contributed by atoms with E-state index >= 15 is 0 Å². The fourth-order valence-corrected chi connectivity index (χ4v) is 1.31. The van der Waals surface area contributed by atoms with Crippen LogP contribution in [0.3, 0.4) is 0 Å². The Labute approximate surface area is 89.4 Å². The number of carbonyl (C=O) groups excluding carboxylic acids is 1. The Morgan fingerprint density at radius 1 is 1.53 bits per heavy atom. The number of nitrogens with two attached hydrogens (primary N) is 1. The molecule has 0 aliphatic rings. The Balaban J connectivity index is 2.69. The molecule has 3 N–H and O–H groups in total. The average Bonchev–Trinajstić information content (AvgIpc) is 2.27. The maximum Gasteiger partial charge on any atom is 0.251 e. The lowest BCUT2D eigenvalue weighted by atomic mass is 10.1. The van der Waals surface area contributed by atoms with Crippen LogP contribution >= 0.6 is 0 Å². The van der Waals surface area contributed by atoms with Gasteiger partial charge in [0.1, 0.15) is 0 Å². The molecule has 0 aliphatic heterocycles. The van der Waals surface area contributed by atoms with Crippen LogP contribution in [0.5, 0.6) is 0 Å². The van der Waals surface area contributed by atoms with Gasteiger partial charge in [-0.15, -0.1) is 0 Å². The fourth-order valence-electron chi connectivity index (χ4n) is 1.31. The van der Waals surface area contributed by atoms with Crippen molar-refractivity contribution in [2.45, 2.75) is 13.3 Å². The van der Waals surface area contributed by atoms with Crippen molar-refractivity contribution in [3.05, 3.63) is 35.4 Å². The van der Waals surface area contributed by atoms with Gasteiger partial charge in [0.05, 0.1) is 6.61 Å². The SMILES string of the molecule is CCNC(=O)c1cccc(CCON)c1. The molecule has 0 saturated heterocycles. The van der Waals surface area contributed by atoms with Crippen molar-refractivity contribution >= 4 is 5.91 Å². The topological polar surface area (TPSA) is 64.3 Å². The third kappa shape index (κ3) is 3.69. The number of hydrogen-bond acceptors (Lipinski definition) is 3. The summed E-state index contributed by atoms with van der Waals surface area (Å²) in [7, 11) is 0. The quantitative estimate of drug-likeness (QED) is 0.706. The van der Waals surface area contributed by atoms with Gasteiger partial charge in [0, 0.05) is 12.1 Å². The zero-order chi connectivity index (χ0) is 11.1. The Morgan fingerprint density at radius 2 is 2.33 bits per heavy atom. The van der Waals surface area contributed by atoms with Gasteiger partial charge in [-0.1, -0.05) is 12.1 Å². The van der Waals surface area contributed by atoms with Crippen LogP contribution in [0.1, 0.15) is 22.8 Å². The summed E-state index contributed by atoms with van der Waals surface area (Å²) in [5.74, 6) is 4.89. The van der Waals surface area contributed by atoms with Gasteiger partial charge in [-0.05, 0) is 31.0 Å². The van der Waals surface area contributed by atoms with E-state index in [0.717, 1.165) is 5.56 Å². The maximum absolute atomic E-state index is 11.5. The van der Waals surface area contributed by atoms with Gasteiger partial charge in [-0.3, -0.25) is 4.79 Å². The van der Waals surface area contributed by atoms with Crippen molar-refractivity contribution in [2.75, 3.05) is 13.2 Å². The molecule has 0 atom stereocenters. The molecule has 0 unspecified atom stereocenters. The van der Waals surface area contributed by atoms with E-state index in [1.165, 1.54) is 0 Å². The second-order valence-electron chi connectivity index (χ2n) is 3.18. The number of benzene rings is 1. The van der Waals surface area contributed by atoms with Crippen LogP contribution in [0.25, 0.3) is 0 Å². The van der Waals surface area contributed by atoms with E-state index in [4.69, 9.17) is 5.90 Å². The molecule has 0 saturated carbocycles. The molecular formula is C11H16N2O2. The molecule has 0 bridgehead atoms. The number of carbonyl (C=O) groups is 1. The van der Waals surface area contributed by atoms with Crippen LogP contribution in [-0.2, 0) is 11.3 Å². The number of hydrogen-bond donors (Lipinski definition) is 2. The van der Waals surface area contributed by atoms with Gasteiger partial charge in [-0.2, -0.15) is 0 Å². The fraction of sp³-hybridized carbons (Fsp3) is 0.364. The Morgan fingerprint density at radius 3 is 3.00 bits per heavy atom. The molecule has 15 heavy (non-hydrogen) atoms. The van der Waals surface area contributed by atoms with E-state index in [-0.39, 0.29) is 5.91 Å². The molecule has 1 rings (SSSR count). The lowest BCUT2D eigenvalue weighted by molar-refractivity contribution is 0.0955. The van der Waals surface area contributed by atoms with Crippen molar-refractivity contribution in [3.8, 4) is 0 Å². The van der Waals surface area contributed by atoms with E-state index in [1.807, 2.05) is 25.1 Å². The highest BCUT2D eigenvalue weighted by molar-refractivity contribution is 5.94. The molecule has 82 valence electrons. The molecule has 1 aromatic rings. The molecule has 0 aliphatic carbocycles. The van der Waals surface area contributed by atoms with Crippen LogP contribution in [-0.4, -0.2) is 19.1 Å². The second-order valence-corrected chi connectivity index (χ2v) is 3.18. The van der Waals surface area contributed by atoms with Crippen LogP contribution in [0, 0.1) is 0 Å². The first kappa shape index (κ1) is 11.7. The minimum Gasteiger partial charge on any atom is -0.352 e. The lowest BCUT2D eigenvalue weighted by Gasteiger charge is -2.04. The van der Waals surface area contributed by atoms with Gasteiger partial charge < -0.3 is 10.2 Å². The first-order valence-electron chi connectivity index (χ1n) is 4.96. The molecule has 0 spiro atoms. The largest absolute Gasteiger partial charge is 0.352 e. The number of amides is 1.